The molecule has 0 aliphatic rings. The van der Waals surface area contributed by atoms with Crippen LogP contribution in [0.5, 0.6) is 5.75 Å². The molecule has 2 rings (SSSR count). The molecule has 1 aromatic heterocycles. The molecular formula is C19H26N2O3S. The second-order valence-electron chi connectivity index (χ2n) is 6.34. The van der Waals surface area contributed by atoms with Gasteiger partial charge in [0.2, 0.25) is 10.0 Å². The van der Waals surface area contributed by atoms with Crippen molar-refractivity contribution in [2.45, 2.75) is 51.5 Å². The number of sulfonamides is 1. The molecule has 0 fully saturated rings. The minimum absolute atomic E-state index is 0.189. The van der Waals surface area contributed by atoms with Crippen molar-refractivity contribution in [3.05, 3.63) is 53.3 Å². The molecule has 0 saturated carbocycles. The lowest BCUT2D eigenvalue weighted by Gasteiger charge is -2.17. The first-order chi connectivity index (χ1) is 11.8. The van der Waals surface area contributed by atoms with Crippen molar-refractivity contribution < 1.29 is 13.2 Å². The van der Waals surface area contributed by atoms with Crippen molar-refractivity contribution >= 4 is 10.0 Å². The van der Waals surface area contributed by atoms with Gasteiger partial charge >= 0.3 is 0 Å². The summed E-state index contributed by atoms with van der Waals surface area (Å²) in [7, 11) is -3.70. The first kappa shape index (κ1) is 19.4. The van der Waals surface area contributed by atoms with E-state index in [4.69, 9.17) is 4.74 Å². The SMILES string of the molecule is CCCOc1cc(C)c(C(C)C)cc1S(=O)(=O)NCc1cccnc1. The van der Waals surface area contributed by atoms with Crippen molar-refractivity contribution in [2.24, 2.45) is 0 Å². The maximum atomic E-state index is 12.9. The number of hydrogen-bond donors (Lipinski definition) is 1. The van der Waals surface area contributed by atoms with E-state index in [0.29, 0.717) is 12.4 Å². The summed E-state index contributed by atoms with van der Waals surface area (Å²) in [5, 5.41) is 0. The predicted octanol–water partition coefficient (Wildman–Crippen LogP) is 3.78. The number of pyridine rings is 1. The number of benzene rings is 1. The van der Waals surface area contributed by atoms with E-state index in [1.165, 1.54) is 0 Å². The quantitative estimate of drug-likeness (QED) is 0.776. The second kappa shape index (κ2) is 8.45. The zero-order valence-corrected chi connectivity index (χ0v) is 16.1. The van der Waals surface area contributed by atoms with Crippen molar-refractivity contribution in [1.29, 1.82) is 0 Å². The number of ether oxygens (including phenoxy) is 1. The molecule has 5 nitrogen and oxygen atoms in total. The summed E-state index contributed by atoms with van der Waals surface area (Å²) in [6.07, 6.45) is 4.11. The first-order valence-electron chi connectivity index (χ1n) is 8.51. The van der Waals surface area contributed by atoms with Crippen LogP contribution in [0.2, 0.25) is 0 Å². The van der Waals surface area contributed by atoms with Gasteiger partial charge in [0.1, 0.15) is 10.6 Å². The van der Waals surface area contributed by atoms with Crippen LogP contribution in [0.15, 0.2) is 41.6 Å². The van der Waals surface area contributed by atoms with Gasteiger partial charge in [-0.2, -0.15) is 0 Å². The lowest BCUT2D eigenvalue weighted by Crippen LogP contribution is -2.24. The molecule has 0 unspecified atom stereocenters. The normalized spacial score (nSPS) is 11.7. The summed E-state index contributed by atoms with van der Waals surface area (Å²) in [6.45, 7) is 8.74. The number of nitrogens with one attached hydrogen (secondary N) is 1. The van der Waals surface area contributed by atoms with E-state index in [2.05, 4.69) is 9.71 Å². The average molecular weight is 362 g/mol. The highest BCUT2D eigenvalue weighted by Crippen LogP contribution is 2.31. The topological polar surface area (TPSA) is 68.3 Å². The third kappa shape index (κ3) is 5.03. The number of aromatic nitrogens is 1. The van der Waals surface area contributed by atoms with Gasteiger partial charge in [-0.1, -0.05) is 26.8 Å². The Hall–Kier alpha value is -1.92. The number of hydrogen-bond acceptors (Lipinski definition) is 4. The summed E-state index contributed by atoms with van der Waals surface area (Å²) in [5.41, 5.74) is 2.84. The molecule has 1 N–H and O–H groups in total. The molecule has 1 heterocycles. The van der Waals surface area contributed by atoms with Gasteiger partial charge in [0, 0.05) is 18.9 Å². The molecule has 0 radical (unpaired) electrons. The van der Waals surface area contributed by atoms with Crippen molar-refractivity contribution in [1.82, 2.24) is 9.71 Å². The van der Waals surface area contributed by atoms with Crippen LogP contribution in [0.4, 0.5) is 0 Å². The fraction of sp³-hybridized carbons (Fsp3) is 0.421. The number of rotatable bonds is 8. The van der Waals surface area contributed by atoms with E-state index in [-0.39, 0.29) is 17.4 Å². The van der Waals surface area contributed by atoms with E-state index >= 15 is 0 Å². The summed E-state index contributed by atoms with van der Waals surface area (Å²) in [5.74, 6) is 0.634. The van der Waals surface area contributed by atoms with Gasteiger partial charge in [0.05, 0.1) is 6.61 Å². The van der Waals surface area contributed by atoms with Gasteiger partial charge in [0.15, 0.2) is 0 Å². The minimum Gasteiger partial charge on any atom is -0.492 e. The summed E-state index contributed by atoms with van der Waals surface area (Å²) >= 11 is 0. The maximum absolute atomic E-state index is 12.9. The fourth-order valence-corrected chi connectivity index (χ4v) is 3.77. The van der Waals surface area contributed by atoms with E-state index in [9.17, 15) is 8.42 Å². The standard InChI is InChI=1S/C19H26N2O3S/c1-5-9-24-18-10-15(4)17(14(2)3)11-19(18)25(22,23)21-13-16-7-6-8-20-12-16/h6-8,10-12,14,21H,5,9,13H2,1-4H3. The Morgan fingerprint density at radius 3 is 2.64 bits per heavy atom. The number of aryl methyl sites for hydroxylation is 1. The molecule has 0 aliphatic heterocycles. The monoisotopic (exact) mass is 362 g/mol. The van der Waals surface area contributed by atoms with Gasteiger partial charge in [-0.25, -0.2) is 13.1 Å². The van der Waals surface area contributed by atoms with Crippen LogP contribution in [0.1, 0.15) is 49.8 Å². The van der Waals surface area contributed by atoms with Gasteiger partial charge in [0.25, 0.3) is 0 Å². The average Bonchev–Trinajstić information content (AvgIpc) is 2.58. The smallest absolute Gasteiger partial charge is 0.244 e. The Bertz CT molecular complexity index is 803. The Morgan fingerprint density at radius 1 is 1.28 bits per heavy atom. The Morgan fingerprint density at radius 2 is 2.04 bits per heavy atom. The molecule has 0 spiro atoms. The molecule has 136 valence electrons. The zero-order chi connectivity index (χ0) is 18.4. The van der Waals surface area contributed by atoms with Crippen LogP contribution in [0.25, 0.3) is 0 Å². The Labute approximate surface area is 150 Å². The van der Waals surface area contributed by atoms with E-state index in [1.807, 2.05) is 39.8 Å². The molecule has 25 heavy (non-hydrogen) atoms. The van der Waals surface area contributed by atoms with Gasteiger partial charge in [-0.15, -0.1) is 0 Å². The van der Waals surface area contributed by atoms with Crippen LogP contribution < -0.4 is 9.46 Å². The van der Waals surface area contributed by atoms with E-state index < -0.39 is 10.0 Å². The molecule has 0 amide bonds. The molecular weight excluding hydrogens is 336 g/mol. The lowest BCUT2D eigenvalue weighted by atomic mass is 9.98. The lowest BCUT2D eigenvalue weighted by molar-refractivity contribution is 0.308. The molecule has 0 bridgehead atoms. The molecule has 1 aromatic carbocycles. The zero-order valence-electron chi connectivity index (χ0n) is 15.2. The van der Waals surface area contributed by atoms with Crippen molar-refractivity contribution in [3.8, 4) is 5.75 Å². The maximum Gasteiger partial charge on any atom is 0.244 e. The molecule has 0 aliphatic carbocycles. The van der Waals surface area contributed by atoms with Crippen LogP contribution in [-0.2, 0) is 16.6 Å². The van der Waals surface area contributed by atoms with Crippen molar-refractivity contribution in [2.75, 3.05) is 6.61 Å². The summed E-state index contributed by atoms with van der Waals surface area (Å²) in [6, 6.07) is 7.17. The summed E-state index contributed by atoms with van der Waals surface area (Å²) < 4.78 is 34.1. The molecule has 0 atom stereocenters. The largest absolute Gasteiger partial charge is 0.492 e. The first-order valence-corrected chi connectivity index (χ1v) is 9.99. The molecule has 2 aromatic rings. The third-order valence-electron chi connectivity index (χ3n) is 3.89. The van der Waals surface area contributed by atoms with Gasteiger partial charge in [-0.05, 0) is 54.2 Å². The highest BCUT2D eigenvalue weighted by molar-refractivity contribution is 7.89. The fourth-order valence-electron chi connectivity index (χ4n) is 2.59. The molecule has 6 heteroatoms. The van der Waals surface area contributed by atoms with Crippen LogP contribution in [0.3, 0.4) is 0 Å². The van der Waals surface area contributed by atoms with Crippen LogP contribution in [-0.4, -0.2) is 20.0 Å². The minimum atomic E-state index is -3.70. The number of nitrogens with zero attached hydrogens (tertiary/aromatic N) is 1. The highest BCUT2D eigenvalue weighted by atomic mass is 32.2. The van der Waals surface area contributed by atoms with Gasteiger partial charge < -0.3 is 4.74 Å². The highest BCUT2D eigenvalue weighted by Gasteiger charge is 2.22. The Kier molecular flexibility index (Phi) is 6.56. The van der Waals surface area contributed by atoms with Crippen molar-refractivity contribution in [3.63, 3.8) is 0 Å². The van der Waals surface area contributed by atoms with E-state index in [1.54, 1.807) is 24.5 Å². The predicted molar refractivity (Wildman–Crippen MR) is 99.3 cm³/mol. The Balaban J connectivity index is 2.37. The van der Waals surface area contributed by atoms with E-state index in [0.717, 1.165) is 23.1 Å². The van der Waals surface area contributed by atoms with Crippen LogP contribution in [0, 0.1) is 6.92 Å². The molecule has 0 saturated heterocycles. The van der Waals surface area contributed by atoms with Gasteiger partial charge in [-0.3, -0.25) is 4.98 Å². The summed E-state index contributed by atoms with van der Waals surface area (Å²) in [4.78, 5) is 4.20. The van der Waals surface area contributed by atoms with Crippen LogP contribution >= 0.6 is 0 Å². The second-order valence-corrected chi connectivity index (χ2v) is 8.08. The third-order valence-corrected chi connectivity index (χ3v) is 5.32.